The zero-order valence-corrected chi connectivity index (χ0v) is 46.2. The van der Waals surface area contributed by atoms with Crippen LogP contribution >= 0.6 is 11.3 Å². The van der Waals surface area contributed by atoms with E-state index in [2.05, 4.69) is 34.4 Å². The standard InChI is InChI=1S/C50H68N6O16S3/c1-10-51-40-28-56(21-15-23-68-9)75(66,67)50-38(40)27-44(73-50)74(64,65)54-46(60)31(6)70-49(63)33(8)71-48(62)32(7)69-42(58)16-13-14-17-43(59)72-35-19-18-34-24-41(57)37(36(34)25-35)26-39-29(4)45(30(5)53-39)47(61)52-20-22-55(11-2)12-3/h18-19,25-27,31-33,40,51,53H,10-17,20-24,28H2,1-9H3,(H,52,61)(H,54,60)/b37-26+/t31-,32-,33-,40-/m0/s1. The highest BCUT2D eigenvalue weighted by Gasteiger charge is 2.41. The van der Waals surface area contributed by atoms with Crippen molar-refractivity contribution in [1.82, 2.24) is 29.5 Å². The number of H-pyrrole nitrogens is 1. The smallest absolute Gasteiger partial charge is 0.347 e. The van der Waals surface area contributed by atoms with Gasteiger partial charge in [-0.05, 0) is 114 Å². The molecule has 0 saturated carbocycles. The number of hydrogen-bond acceptors (Lipinski definition) is 19. The Morgan fingerprint density at radius 2 is 1.57 bits per heavy atom. The highest BCUT2D eigenvalue weighted by Crippen LogP contribution is 2.40. The molecule has 25 heteroatoms. The number of rotatable bonds is 27. The van der Waals surface area contributed by atoms with Gasteiger partial charge in [0.2, 0.25) is 0 Å². The van der Waals surface area contributed by atoms with E-state index in [0.29, 0.717) is 71.1 Å². The average molecular weight is 1110 g/mol. The third-order valence-electron chi connectivity index (χ3n) is 12.5. The van der Waals surface area contributed by atoms with Gasteiger partial charge in [-0.25, -0.2) is 31.1 Å². The maximum Gasteiger partial charge on any atom is 0.347 e. The van der Waals surface area contributed by atoms with E-state index in [4.69, 9.17) is 23.7 Å². The van der Waals surface area contributed by atoms with E-state index in [-0.39, 0.29) is 72.4 Å². The van der Waals surface area contributed by atoms with Crippen molar-refractivity contribution in [3.63, 3.8) is 0 Å². The number of likely N-dealkylation sites (N-methyl/N-ethyl adjacent to an activating group) is 2. The van der Waals surface area contributed by atoms with Crippen LogP contribution in [0.5, 0.6) is 5.75 Å². The second-order valence-electron chi connectivity index (χ2n) is 18.0. The molecular formula is C50H68N6O16S3. The molecule has 0 saturated heterocycles. The molecule has 0 radical (unpaired) electrons. The molecule has 0 unspecified atom stereocenters. The summed E-state index contributed by atoms with van der Waals surface area (Å²) >= 11 is 0.480. The van der Waals surface area contributed by atoms with Crippen LogP contribution in [-0.2, 0) is 74.2 Å². The fourth-order valence-electron chi connectivity index (χ4n) is 8.37. The first-order valence-corrected chi connectivity index (χ1v) is 28.5. The summed E-state index contributed by atoms with van der Waals surface area (Å²) in [5.74, 6) is -5.11. The molecule has 0 fully saturated rings. The van der Waals surface area contributed by atoms with Crippen molar-refractivity contribution in [3.05, 3.63) is 63.5 Å². The Kier molecular flexibility index (Phi) is 21.4. The van der Waals surface area contributed by atoms with E-state index in [1.54, 1.807) is 31.2 Å². The number of carbonyl (C=O) groups excluding carboxylic acids is 7. The minimum atomic E-state index is -4.65. The van der Waals surface area contributed by atoms with Gasteiger partial charge < -0.3 is 44.2 Å². The number of sulfonamides is 2. The van der Waals surface area contributed by atoms with Gasteiger partial charge in [0.25, 0.3) is 31.9 Å². The van der Waals surface area contributed by atoms with Crippen molar-refractivity contribution in [2.75, 3.05) is 59.5 Å². The van der Waals surface area contributed by atoms with Crippen LogP contribution in [0.1, 0.15) is 124 Å². The Labute approximate surface area is 441 Å². The molecule has 22 nitrogen and oxygen atoms in total. The van der Waals surface area contributed by atoms with Gasteiger partial charge in [-0.15, -0.1) is 11.3 Å². The van der Waals surface area contributed by atoms with Gasteiger partial charge in [0, 0.05) is 87.7 Å². The maximum atomic E-state index is 13.5. The normalized spacial score (nSPS) is 16.9. The van der Waals surface area contributed by atoms with Gasteiger partial charge in [0.05, 0.1) is 5.56 Å². The largest absolute Gasteiger partial charge is 0.451 e. The molecule has 2 aromatic heterocycles. The lowest BCUT2D eigenvalue weighted by Crippen LogP contribution is -2.43. The SMILES string of the molecule is CCN[C@H]1CN(CCCOC)S(=O)(=O)c2sc(S(=O)(=O)NC(=O)[C@H](C)OC(=O)[C@H](C)OC(=O)[C@H](C)OC(=O)CCCCC(=O)Oc3ccc4c(c3)/C(=C\c3[nH]c(C)c(C(=O)NCCN(CC)CC)c3C)C(=O)C4)cc21. The Morgan fingerprint density at radius 1 is 0.920 bits per heavy atom. The minimum Gasteiger partial charge on any atom is -0.451 e. The first-order chi connectivity index (χ1) is 35.4. The number of aryl methyl sites for hydroxylation is 1. The first-order valence-electron chi connectivity index (χ1n) is 24.8. The number of benzene rings is 1. The third-order valence-corrected chi connectivity index (χ3v) is 17.9. The van der Waals surface area contributed by atoms with Crippen molar-refractivity contribution in [2.45, 2.75) is 127 Å². The predicted molar refractivity (Wildman–Crippen MR) is 275 cm³/mol. The van der Waals surface area contributed by atoms with E-state index in [9.17, 15) is 50.4 Å². The Bertz CT molecular complexity index is 2870. The van der Waals surface area contributed by atoms with Crippen molar-refractivity contribution in [1.29, 1.82) is 0 Å². The summed E-state index contributed by atoms with van der Waals surface area (Å²) in [5, 5.41) is 6.15. The molecule has 0 spiro atoms. The average Bonchev–Trinajstić information content (AvgIpc) is 4.03. The molecule has 2 aliphatic rings. The lowest BCUT2D eigenvalue weighted by molar-refractivity contribution is -0.179. The van der Waals surface area contributed by atoms with Gasteiger partial charge in [-0.3, -0.25) is 24.0 Å². The topological polar surface area (TPSA) is 292 Å². The molecule has 0 bridgehead atoms. The zero-order chi connectivity index (χ0) is 55.4. The van der Waals surface area contributed by atoms with Crippen LogP contribution in [0.2, 0.25) is 0 Å². The molecule has 4 atom stereocenters. The lowest BCUT2D eigenvalue weighted by Gasteiger charge is -2.32. The van der Waals surface area contributed by atoms with Crippen LogP contribution in [-0.4, -0.2) is 150 Å². The highest BCUT2D eigenvalue weighted by molar-refractivity contribution is 7.94. The number of nitrogens with zero attached hydrogens (tertiary/aromatic N) is 2. The molecule has 3 aromatic rings. The number of amides is 2. The molecule has 2 amide bonds. The number of esters is 4. The molecule has 5 rings (SSSR count). The number of hydrogen-bond donors (Lipinski definition) is 4. The zero-order valence-electron chi connectivity index (χ0n) is 43.7. The Balaban J connectivity index is 1.05. The summed E-state index contributed by atoms with van der Waals surface area (Å²) < 4.78 is 81.9. The number of methoxy groups -OCH3 is 1. The van der Waals surface area contributed by atoms with Crippen molar-refractivity contribution in [3.8, 4) is 5.75 Å². The fourth-order valence-corrected chi connectivity index (χ4v) is 13.3. The van der Waals surface area contributed by atoms with E-state index in [1.165, 1.54) is 24.4 Å². The summed E-state index contributed by atoms with van der Waals surface area (Å²) in [6.07, 6.45) is -2.38. The highest BCUT2D eigenvalue weighted by atomic mass is 32.3. The number of allylic oxidation sites excluding steroid dienone is 1. The van der Waals surface area contributed by atoms with Crippen LogP contribution < -0.4 is 20.1 Å². The Morgan fingerprint density at radius 3 is 2.23 bits per heavy atom. The van der Waals surface area contributed by atoms with Crippen LogP contribution in [0.3, 0.4) is 0 Å². The number of fused-ring (bicyclic) bond motifs is 2. The van der Waals surface area contributed by atoms with Gasteiger partial charge in [0.15, 0.2) is 24.1 Å². The number of carbonyl (C=O) groups is 7. The maximum absolute atomic E-state index is 13.5. The number of ketones is 1. The van der Waals surface area contributed by atoms with E-state index < -0.39 is 78.4 Å². The number of ether oxygens (including phenoxy) is 5. The first kappa shape index (κ1) is 60.0. The van der Waals surface area contributed by atoms with Crippen molar-refractivity contribution in [2.24, 2.45) is 0 Å². The van der Waals surface area contributed by atoms with Crippen LogP contribution in [0.4, 0.5) is 0 Å². The van der Waals surface area contributed by atoms with Gasteiger partial charge in [0.1, 0.15) is 14.2 Å². The third kappa shape index (κ3) is 15.4. The summed E-state index contributed by atoms with van der Waals surface area (Å²) in [4.78, 5) is 95.6. The summed E-state index contributed by atoms with van der Waals surface area (Å²) in [5.41, 5.74) is 4.51. The summed E-state index contributed by atoms with van der Waals surface area (Å²) in [7, 11) is -7.23. The fraction of sp³-hybridized carbons (Fsp3) is 0.540. The Hall–Kier alpha value is -5.83. The number of aromatic nitrogens is 1. The second-order valence-corrected chi connectivity index (χ2v) is 23.1. The minimum absolute atomic E-state index is 0.0544. The summed E-state index contributed by atoms with van der Waals surface area (Å²) in [6, 6.07) is 5.60. The molecule has 412 valence electrons. The number of unbranched alkanes of at least 4 members (excludes halogenated alkanes) is 1. The summed E-state index contributed by atoms with van der Waals surface area (Å²) in [6.45, 7) is 16.9. The number of thiophene rings is 1. The molecule has 3 heterocycles. The number of nitrogens with one attached hydrogen (secondary N) is 4. The van der Waals surface area contributed by atoms with E-state index in [1.807, 2.05) is 18.6 Å². The molecule has 1 aromatic carbocycles. The molecule has 75 heavy (non-hydrogen) atoms. The van der Waals surface area contributed by atoms with Crippen LogP contribution in [0, 0.1) is 13.8 Å². The van der Waals surface area contributed by atoms with E-state index in [0.717, 1.165) is 39.0 Å². The predicted octanol–water partition coefficient (Wildman–Crippen LogP) is 3.89. The molecule has 1 aliphatic heterocycles. The van der Waals surface area contributed by atoms with Gasteiger partial charge in [-0.1, -0.05) is 26.8 Å². The molecule has 1 aliphatic carbocycles. The second kappa shape index (κ2) is 26.8. The number of aromatic amines is 1. The molecular weight excluding hydrogens is 1040 g/mol. The van der Waals surface area contributed by atoms with Crippen LogP contribution in [0.25, 0.3) is 11.6 Å². The monoisotopic (exact) mass is 1100 g/mol. The van der Waals surface area contributed by atoms with Crippen LogP contribution in [0.15, 0.2) is 32.7 Å². The quantitative estimate of drug-likeness (QED) is 0.0277. The number of Topliss-reactive ketones (excluding diaryl/α,β-unsaturated/α-hetero) is 1. The van der Waals surface area contributed by atoms with E-state index >= 15 is 0 Å². The molecule has 4 N–H and O–H groups in total. The van der Waals surface area contributed by atoms with Gasteiger partial charge >= 0.3 is 23.9 Å². The van der Waals surface area contributed by atoms with Crippen molar-refractivity contribution < 1.29 is 74.1 Å². The lowest BCUT2D eigenvalue weighted by atomic mass is 10.0. The van der Waals surface area contributed by atoms with Crippen molar-refractivity contribution >= 4 is 84.5 Å². The van der Waals surface area contributed by atoms with Gasteiger partial charge in [-0.2, -0.15) is 4.31 Å².